The molecule has 1 aromatic rings. The summed E-state index contributed by atoms with van der Waals surface area (Å²) in [5.41, 5.74) is -1.27. The lowest BCUT2D eigenvalue weighted by Gasteiger charge is -2.31. The number of halogens is 3. The van der Waals surface area contributed by atoms with Crippen molar-refractivity contribution in [2.75, 3.05) is 13.1 Å². The van der Waals surface area contributed by atoms with Crippen molar-refractivity contribution in [2.24, 2.45) is 5.92 Å². The summed E-state index contributed by atoms with van der Waals surface area (Å²) in [6.07, 6.45) is -4.12. The Morgan fingerprint density at radius 1 is 1.31 bits per heavy atom. The molecule has 2 rings (SSSR count). The molecule has 0 spiro atoms. The second-order valence-corrected chi connectivity index (χ2v) is 8.10. The first-order valence-electron chi connectivity index (χ1n) is 8.22. The first kappa shape index (κ1) is 20.7. The summed E-state index contributed by atoms with van der Waals surface area (Å²) in [5, 5.41) is 5.94. The lowest BCUT2D eigenvalue weighted by molar-refractivity contribution is -0.139. The first-order valence-corrected chi connectivity index (χ1v) is 9.70. The molecule has 6 nitrogen and oxygen atoms in total. The molecule has 26 heavy (non-hydrogen) atoms. The normalized spacial score (nSPS) is 22.7. The number of piperidine rings is 1. The van der Waals surface area contributed by atoms with E-state index in [1.807, 2.05) is 11.6 Å². The molecule has 146 valence electrons. The van der Waals surface area contributed by atoms with Gasteiger partial charge in [-0.1, -0.05) is 19.1 Å². The fourth-order valence-corrected chi connectivity index (χ4v) is 4.25. The van der Waals surface area contributed by atoms with Crippen LogP contribution in [0.2, 0.25) is 0 Å². The number of hydrogen-bond donors (Lipinski definition) is 3. The molecule has 0 bridgehead atoms. The molecule has 1 saturated heterocycles. The van der Waals surface area contributed by atoms with E-state index in [9.17, 15) is 26.4 Å². The van der Waals surface area contributed by atoms with Gasteiger partial charge in [0.1, 0.15) is 0 Å². The Labute approximate surface area is 150 Å². The molecule has 10 heteroatoms. The Bertz CT molecular complexity index is 753. The van der Waals surface area contributed by atoms with Gasteiger partial charge in [0, 0.05) is 6.04 Å². The standard InChI is InChI=1S/C16H22F3N3O3S/c1-10-9-20-8-7-13(10)21-15(23)11(2)22-26(24,25)14-6-4-3-5-12(14)16(17,18)19/h3-6,10-11,13,20,22H,7-9H2,1-2H3,(H,21,23). The van der Waals surface area contributed by atoms with Gasteiger partial charge < -0.3 is 10.6 Å². The maximum Gasteiger partial charge on any atom is 0.417 e. The van der Waals surface area contributed by atoms with Crippen molar-refractivity contribution < 1.29 is 26.4 Å². The number of carbonyl (C=O) groups is 1. The lowest BCUT2D eigenvalue weighted by atomic mass is 9.95. The summed E-state index contributed by atoms with van der Waals surface area (Å²) in [4.78, 5) is 11.4. The molecule has 1 aliphatic heterocycles. The van der Waals surface area contributed by atoms with Crippen LogP contribution < -0.4 is 15.4 Å². The van der Waals surface area contributed by atoms with E-state index in [1.54, 1.807) is 0 Å². The minimum atomic E-state index is -4.82. The third kappa shape index (κ3) is 4.95. The summed E-state index contributed by atoms with van der Waals surface area (Å²) in [6, 6.07) is 2.55. The monoisotopic (exact) mass is 393 g/mol. The highest BCUT2D eigenvalue weighted by Crippen LogP contribution is 2.33. The van der Waals surface area contributed by atoms with Crippen LogP contribution >= 0.6 is 0 Å². The van der Waals surface area contributed by atoms with E-state index in [4.69, 9.17) is 0 Å². The lowest BCUT2D eigenvalue weighted by Crippen LogP contribution is -2.53. The molecule has 0 aliphatic carbocycles. The van der Waals surface area contributed by atoms with Crippen LogP contribution in [-0.4, -0.2) is 39.5 Å². The number of nitrogens with one attached hydrogen (secondary N) is 3. The van der Waals surface area contributed by atoms with Crippen molar-refractivity contribution in [2.45, 2.75) is 43.4 Å². The third-order valence-corrected chi connectivity index (χ3v) is 5.92. The zero-order valence-electron chi connectivity index (χ0n) is 14.4. The number of sulfonamides is 1. The summed E-state index contributed by atoms with van der Waals surface area (Å²) in [5.74, 6) is -0.403. The highest BCUT2D eigenvalue weighted by Gasteiger charge is 2.37. The van der Waals surface area contributed by atoms with Crippen molar-refractivity contribution in [1.82, 2.24) is 15.4 Å². The molecule has 0 radical (unpaired) electrons. The summed E-state index contributed by atoms with van der Waals surface area (Å²) >= 11 is 0. The molecule has 1 amide bonds. The fraction of sp³-hybridized carbons (Fsp3) is 0.562. The molecular formula is C16H22F3N3O3S. The molecule has 0 aromatic heterocycles. The summed E-state index contributed by atoms with van der Waals surface area (Å²) in [7, 11) is -4.52. The minimum Gasteiger partial charge on any atom is -0.352 e. The minimum absolute atomic E-state index is 0.113. The van der Waals surface area contributed by atoms with Crippen LogP contribution in [0.5, 0.6) is 0 Å². The Morgan fingerprint density at radius 3 is 2.58 bits per heavy atom. The number of rotatable bonds is 5. The van der Waals surface area contributed by atoms with Gasteiger partial charge in [0.25, 0.3) is 0 Å². The van der Waals surface area contributed by atoms with E-state index in [0.717, 1.165) is 25.2 Å². The van der Waals surface area contributed by atoms with Gasteiger partial charge in [0.2, 0.25) is 15.9 Å². The highest BCUT2D eigenvalue weighted by atomic mass is 32.2. The Kier molecular flexibility index (Phi) is 6.30. The zero-order valence-corrected chi connectivity index (χ0v) is 15.2. The van der Waals surface area contributed by atoms with Gasteiger partial charge in [-0.3, -0.25) is 4.79 Å². The van der Waals surface area contributed by atoms with Crippen molar-refractivity contribution >= 4 is 15.9 Å². The largest absolute Gasteiger partial charge is 0.417 e. The van der Waals surface area contributed by atoms with Crippen molar-refractivity contribution in [3.05, 3.63) is 29.8 Å². The average Bonchev–Trinajstić information content (AvgIpc) is 2.55. The number of hydrogen-bond acceptors (Lipinski definition) is 4. The van der Waals surface area contributed by atoms with E-state index in [1.165, 1.54) is 13.0 Å². The third-order valence-electron chi connectivity index (χ3n) is 4.32. The maximum atomic E-state index is 13.0. The summed E-state index contributed by atoms with van der Waals surface area (Å²) in [6.45, 7) is 4.71. The molecule has 1 fully saturated rings. The van der Waals surface area contributed by atoms with E-state index in [0.29, 0.717) is 12.5 Å². The maximum absolute atomic E-state index is 13.0. The topological polar surface area (TPSA) is 87.3 Å². The van der Waals surface area contributed by atoms with Crippen LogP contribution in [0.4, 0.5) is 13.2 Å². The van der Waals surface area contributed by atoms with E-state index < -0.39 is 38.6 Å². The first-order chi connectivity index (χ1) is 12.0. The molecule has 1 heterocycles. The van der Waals surface area contributed by atoms with Gasteiger partial charge in [-0.15, -0.1) is 0 Å². The van der Waals surface area contributed by atoms with Gasteiger partial charge in [-0.05, 0) is 44.5 Å². The van der Waals surface area contributed by atoms with Gasteiger partial charge >= 0.3 is 6.18 Å². The molecule has 3 N–H and O–H groups in total. The van der Waals surface area contributed by atoms with E-state index in [2.05, 4.69) is 10.6 Å². The van der Waals surface area contributed by atoms with Crippen molar-refractivity contribution in [1.29, 1.82) is 0 Å². The zero-order chi connectivity index (χ0) is 19.5. The van der Waals surface area contributed by atoms with E-state index >= 15 is 0 Å². The van der Waals surface area contributed by atoms with Gasteiger partial charge in [-0.2, -0.15) is 17.9 Å². The van der Waals surface area contributed by atoms with Crippen LogP contribution in [0.3, 0.4) is 0 Å². The van der Waals surface area contributed by atoms with Gasteiger partial charge in [0.05, 0.1) is 16.5 Å². The molecule has 3 unspecified atom stereocenters. The number of alkyl halides is 3. The molecule has 1 aliphatic rings. The Hall–Kier alpha value is -1.65. The number of carbonyl (C=O) groups excluding carboxylic acids is 1. The number of benzene rings is 1. The van der Waals surface area contributed by atoms with Crippen LogP contribution in [0.1, 0.15) is 25.8 Å². The van der Waals surface area contributed by atoms with Crippen LogP contribution in [0.25, 0.3) is 0 Å². The predicted molar refractivity (Wildman–Crippen MR) is 89.8 cm³/mol. The van der Waals surface area contributed by atoms with E-state index in [-0.39, 0.29) is 12.0 Å². The van der Waals surface area contributed by atoms with Crippen LogP contribution in [-0.2, 0) is 21.0 Å². The van der Waals surface area contributed by atoms with Crippen molar-refractivity contribution in [3.8, 4) is 0 Å². The smallest absolute Gasteiger partial charge is 0.352 e. The number of amides is 1. The molecule has 0 saturated carbocycles. The van der Waals surface area contributed by atoms with Crippen molar-refractivity contribution in [3.63, 3.8) is 0 Å². The second kappa shape index (κ2) is 7.93. The highest BCUT2D eigenvalue weighted by molar-refractivity contribution is 7.89. The molecule has 3 atom stereocenters. The quantitative estimate of drug-likeness (QED) is 0.707. The molecular weight excluding hydrogens is 371 g/mol. The average molecular weight is 393 g/mol. The Morgan fingerprint density at radius 2 is 1.96 bits per heavy atom. The van der Waals surface area contributed by atoms with Crippen LogP contribution in [0, 0.1) is 5.92 Å². The predicted octanol–water partition coefficient (Wildman–Crippen LogP) is 1.49. The Balaban J connectivity index is 2.13. The molecule has 1 aromatic carbocycles. The second-order valence-electron chi connectivity index (χ2n) is 6.42. The van der Waals surface area contributed by atoms with Crippen LogP contribution in [0.15, 0.2) is 29.2 Å². The fourth-order valence-electron chi connectivity index (χ4n) is 2.82. The van der Waals surface area contributed by atoms with Gasteiger partial charge in [-0.25, -0.2) is 8.42 Å². The SMILES string of the molecule is CC(NS(=O)(=O)c1ccccc1C(F)(F)F)C(=O)NC1CCNCC1C. The van der Waals surface area contributed by atoms with Gasteiger partial charge in [0.15, 0.2) is 0 Å². The summed E-state index contributed by atoms with van der Waals surface area (Å²) < 4.78 is 65.9.